The summed E-state index contributed by atoms with van der Waals surface area (Å²) in [6, 6.07) is 9.49. The summed E-state index contributed by atoms with van der Waals surface area (Å²) < 4.78 is 6.20. The Hall–Kier alpha value is -2.65. The lowest BCUT2D eigenvalue weighted by atomic mass is 10.2. The highest BCUT2D eigenvalue weighted by atomic mass is 79.9. The van der Waals surface area contributed by atoms with Gasteiger partial charge in [0.05, 0.1) is 25.9 Å². The van der Waals surface area contributed by atoms with Crippen molar-refractivity contribution in [2.24, 2.45) is 0 Å². The van der Waals surface area contributed by atoms with Crippen LogP contribution in [0.4, 0.5) is 11.5 Å². The van der Waals surface area contributed by atoms with E-state index >= 15 is 0 Å². The van der Waals surface area contributed by atoms with Gasteiger partial charge in [-0.05, 0) is 52.7 Å². The number of benzene rings is 1. The number of hydrogen-bond donors (Lipinski definition) is 2. The van der Waals surface area contributed by atoms with Crippen LogP contribution in [0, 0.1) is 6.92 Å². The van der Waals surface area contributed by atoms with E-state index in [0.29, 0.717) is 11.4 Å². The average Bonchev–Trinajstić information content (AvgIpc) is 2.74. The van der Waals surface area contributed by atoms with E-state index in [2.05, 4.69) is 41.3 Å². The van der Waals surface area contributed by atoms with Crippen LogP contribution in [0.1, 0.15) is 5.56 Å². The first kappa shape index (κ1) is 22.0. The number of piperazine rings is 1. The zero-order valence-corrected chi connectivity index (χ0v) is 18.7. The smallest absolute Gasteiger partial charge is 0.243 e. The topological polar surface area (TPSA) is 86.8 Å². The Morgan fingerprint density at radius 1 is 1.13 bits per heavy atom. The fourth-order valence-electron chi connectivity index (χ4n) is 3.24. The van der Waals surface area contributed by atoms with Gasteiger partial charge >= 0.3 is 0 Å². The van der Waals surface area contributed by atoms with Gasteiger partial charge in [0.25, 0.3) is 0 Å². The summed E-state index contributed by atoms with van der Waals surface area (Å²) in [6.07, 6.45) is 1.78. The van der Waals surface area contributed by atoms with Crippen LogP contribution in [0.2, 0.25) is 0 Å². The van der Waals surface area contributed by atoms with Crippen LogP contribution in [0.5, 0.6) is 5.75 Å². The predicted octanol–water partition coefficient (Wildman–Crippen LogP) is 2.04. The number of nitrogens with one attached hydrogen (secondary N) is 2. The molecule has 0 spiro atoms. The molecular weight excluding hydrogens is 450 g/mol. The summed E-state index contributed by atoms with van der Waals surface area (Å²) in [7, 11) is 1.55. The van der Waals surface area contributed by atoms with E-state index in [1.165, 1.54) is 0 Å². The number of carbonyl (C=O) groups excluding carboxylic acids is 2. The minimum atomic E-state index is -0.293. The van der Waals surface area contributed by atoms with Gasteiger partial charge < -0.3 is 20.3 Å². The number of nitrogens with zero attached hydrogens (tertiary/aromatic N) is 3. The van der Waals surface area contributed by atoms with Gasteiger partial charge in [-0.3, -0.25) is 14.5 Å². The zero-order chi connectivity index (χ0) is 21.5. The van der Waals surface area contributed by atoms with Crippen molar-refractivity contribution in [2.45, 2.75) is 6.92 Å². The van der Waals surface area contributed by atoms with Crippen molar-refractivity contribution in [1.29, 1.82) is 0 Å². The number of hydrogen-bond acceptors (Lipinski definition) is 6. The monoisotopic (exact) mass is 475 g/mol. The fourth-order valence-corrected chi connectivity index (χ4v) is 3.48. The molecule has 0 atom stereocenters. The third-order valence-electron chi connectivity index (χ3n) is 4.85. The molecule has 2 N–H and O–H groups in total. The van der Waals surface area contributed by atoms with E-state index in [4.69, 9.17) is 4.74 Å². The van der Waals surface area contributed by atoms with E-state index in [-0.39, 0.29) is 24.9 Å². The van der Waals surface area contributed by atoms with Crippen molar-refractivity contribution in [3.8, 4) is 5.75 Å². The molecule has 8 nitrogen and oxygen atoms in total. The summed E-state index contributed by atoms with van der Waals surface area (Å²) >= 11 is 3.39. The van der Waals surface area contributed by atoms with Crippen LogP contribution in [0.3, 0.4) is 0 Å². The number of rotatable bonds is 7. The highest BCUT2D eigenvalue weighted by Crippen LogP contribution is 2.25. The zero-order valence-electron chi connectivity index (χ0n) is 17.2. The summed E-state index contributed by atoms with van der Waals surface area (Å²) in [5.41, 5.74) is 1.60. The molecule has 0 saturated carbocycles. The van der Waals surface area contributed by atoms with Gasteiger partial charge in [-0.25, -0.2) is 4.98 Å². The Bertz CT molecular complexity index is 883. The minimum Gasteiger partial charge on any atom is -0.495 e. The fraction of sp³-hybridized carbons (Fsp3) is 0.381. The molecule has 0 bridgehead atoms. The van der Waals surface area contributed by atoms with Crippen LogP contribution in [0.15, 0.2) is 41.0 Å². The quantitative estimate of drug-likeness (QED) is 0.636. The Kier molecular flexibility index (Phi) is 7.64. The maximum absolute atomic E-state index is 12.2. The molecule has 2 amide bonds. The predicted molar refractivity (Wildman–Crippen MR) is 120 cm³/mol. The molecule has 0 radical (unpaired) electrons. The second-order valence-corrected chi connectivity index (χ2v) is 8.04. The number of ether oxygens (including phenoxy) is 1. The summed E-state index contributed by atoms with van der Waals surface area (Å²) in [5.74, 6) is 1.05. The normalized spacial score (nSPS) is 14.3. The van der Waals surface area contributed by atoms with Crippen molar-refractivity contribution < 1.29 is 14.3 Å². The van der Waals surface area contributed by atoms with E-state index in [1.807, 2.05) is 31.2 Å². The molecular formula is C21H26BrN5O3. The molecule has 160 valence electrons. The van der Waals surface area contributed by atoms with E-state index in [9.17, 15) is 9.59 Å². The molecule has 30 heavy (non-hydrogen) atoms. The Morgan fingerprint density at radius 2 is 1.90 bits per heavy atom. The molecule has 0 aliphatic carbocycles. The number of amides is 2. The van der Waals surface area contributed by atoms with Gasteiger partial charge in [-0.1, -0.05) is 6.07 Å². The lowest BCUT2D eigenvalue weighted by Crippen LogP contribution is -2.50. The highest BCUT2D eigenvalue weighted by Gasteiger charge is 2.20. The molecule has 0 unspecified atom stereocenters. The van der Waals surface area contributed by atoms with E-state index in [1.54, 1.807) is 19.4 Å². The third-order valence-corrected chi connectivity index (χ3v) is 5.32. The van der Waals surface area contributed by atoms with Crippen molar-refractivity contribution >= 4 is 39.2 Å². The SMILES string of the molecule is COc1ccc(C)cc1NC(=O)CNC(=O)CN1CCN(c2ccc(Br)cn2)CC1. The highest BCUT2D eigenvalue weighted by molar-refractivity contribution is 9.10. The molecule has 2 aromatic rings. The number of aryl methyl sites for hydroxylation is 1. The van der Waals surface area contributed by atoms with Crippen molar-refractivity contribution in [3.05, 3.63) is 46.6 Å². The van der Waals surface area contributed by atoms with Crippen LogP contribution < -0.4 is 20.3 Å². The van der Waals surface area contributed by atoms with Gasteiger partial charge in [0, 0.05) is 36.8 Å². The van der Waals surface area contributed by atoms with E-state index < -0.39 is 0 Å². The number of halogens is 1. The van der Waals surface area contributed by atoms with E-state index in [0.717, 1.165) is 42.0 Å². The first-order valence-corrected chi connectivity index (χ1v) is 10.5. The molecule has 1 saturated heterocycles. The number of aromatic nitrogens is 1. The standard InChI is InChI=1S/C21H26BrN5O3/c1-15-3-5-18(30-2)17(11-15)25-20(28)13-24-21(29)14-26-7-9-27(10-8-26)19-6-4-16(22)12-23-19/h3-6,11-12H,7-10,13-14H2,1-2H3,(H,24,29)(H,25,28). The molecule has 1 aromatic heterocycles. The average molecular weight is 476 g/mol. The number of methoxy groups -OCH3 is 1. The second-order valence-electron chi connectivity index (χ2n) is 7.13. The molecule has 1 aliphatic heterocycles. The molecule has 1 aromatic carbocycles. The Morgan fingerprint density at radius 3 is 2.57 bits per heavy atom. The van der Waals surface area contributed by atoms with Crippen LogP contribution in [-0.4, -0.2) is 68.1 Å². The first-order valence-electron chi connectivity index (χ1n) is 9.74. The van der Waals surface area contributed by atoms with Crippen LogP contribution >= 0.6 is 15.9 Å². The van der Waals surface area contributed by atoms with Gasteiger partial charge in [-0.15, -0.1) is 0 Å². The largest absolute Gasteiger partial charge is 0.495 e. The lowest BCUT2D eigenvalue weighted by Gasteiger charge is -2.35. The van der Waals surface area contributed by atoms with Gasteiger partial charge in [-0.2, -0.15) is 0 Å². The van der Waals surface area contributed by atoms with Gasteiger partial charge in [0.15, 0.2) is 0 Å². The Labute approximate surface area is 184 Å². The summed E-state index contributed by atoms with van der Waals surface area (Å²) in [4.78, 5) is 33.1. The van der Waals surface area contributed by atoms with Crippen LogP contribution in [0.25, 0.3) is 0 Å². The minimum absolute atomic E-state index is 0.0846. The molecule has 9 heteroatoms. The van der Waals surface area contributed by atoms with Crippen molar-refractivity contribution in [2.75, 3.05) is 56.6 Å². The molecule has 2 heterocycles. The maximum atomic E-state index is 12.2. The number of anilines is 2. The lowest BCUT2D eigenvalue weighted by molar-refractivity contribution is -0.125. The second kappa shape index (κ2) is 10.4. The molecule has 1 fully saturated rings. The molecule has 3 rings (SSSR count). The van der Waals surface area contributed by atoms with Gasteiger partial charge in [0.2, 0.25) is 11.8 Å². The Balaban J connectivity index is 1.40. The summed E-state index contributed by atoms with van der Waals surface area (Å²) in [6.45, 7) is 5.24. The van der Waals surface area contributed by atoms with Gasteiger partial charge in [0.1, 0.15) is 11.6 Å². The molecule has 1 aliphatic rings. The number of carbonyl (C=O) groups is 2. The van der Waals surface area contributed by atoms with Crippen LogP contribution in [-0.2, 0) is 9.59 Å². The number of pyridine rings is 1. The first-order chi connectivity index (χ1) is 14.4. The third kappa shape index (κ3) is 6.17. The van der Waals surface area contributed by atoms with Crippen molar-refractivity contribution in [3.63, 3.8) is 0 Å². The maximum Gasteiger partial charge on any atom is 0.243 e. The summed E-state index contributed by atoms with van der Waals surface area (Å²) in [5, 5.41) is 5.47. The van der Waals surface area contributed by atoms with Crippen molar-refractivity contribution in [1.82, 2.24) is 15.2 Å².